The quantitative estimate of drug-likeness (QED) is 0.313. The van der Waals surface area contributed by atoms with Crippen LogP contribution in [0.4, 0.5) is 0 Å². The van der Waals surface area contributed by atoms with Crippen molar-refractivity contribution in [3.8, 4) is 22.5 Å². The monoisotopic (exact) mass is 457 g/mol. The molecule has 3 aromatic heterocycles. The van der Waals surface area contributed by atoms with Crippen molar-refractivity contribution in [3.63, 3.8) is 0 Å². The Kier molecular flexibility index (Phi) is 4.71. The lowest BCUT2D eigenvalue weighted by Gasteiger charge is -2.25. The van der Waals surface area contributed by atoms with Gasteiger partial charge < -0.3 is 14.9 Å². The van der Waals surface area contributed by atoms with E-state index in [0.29, 0.717) is 6.04 Å². The van der Waals surface area contributed by atoms with Crippen molar-refractivity contribution < 1.29 is 0 Å². The van der Waals surface area contributed by atoms with Crippen molar-refractivity contribution in [2.75, 3.05) is 13.1 Å². The summed E-state index contributed by atoms with van der Waals surface area (Å²) in [7, 11) is 0. The van der Waals surface area contributed by atoms with E-state index in [9.17, 15) is 0 Å². The predicted molar refractivity (Wildman–Crippen MR) is 144 cm³/mol. The van der Waals surface area contributed by atoms with E-state index < -0.39 is 0 Å². The van der Waals surface area contributed by atoms with Crippen LogP contribution in [0.25, 0.3) is 55.4 Å². The number of pyridine rings is 1. The zero-order valence-electron chi connectivity index (χ0n) is 19.8. The van der Waals surface area contributed by atoms with E-state index in [1.807, 2.05) is 6.20 Å². The molecule has 1 aliphatic rings. The highest BCUT2D eigenvalue weighted by molar-refractivity contribution is 5.99. The van der Waals surface area contributed by atoms with Gasteiger partial charge in [0.15, 0.2) is 5.65 Å². The van der Waals surface area contributed by atoms with Gasteiger partial charge in [-0.2, -0.15) is 0 Å². The Bertz CT molecular complexity index is 1700. The maximum Gasteiger partial charge on any atom is 0.161 e. The fourth-order valence-electron chi connectivity index (χ4n) is 5.60. The molecule has 0 radical (unpaired) electrons. The highest BCUT2D eigenvalue weighted by atomic mass is 15.2. The van der Waals surface area contributed by atoms with E-state index in [1.54, 1.807) is 0 Å². The van der Waals surface area contributed by atoms with Crippen molar-refractivity contribution >= 4 is 32.8 Å². The summed E-state index contributed by atoms with van der Waals surface area (Å²) in [5.41, 5.74) is 7.77. The molecule has 0 saturated carbocycles. The first-order chi connectivity index (χ1) is 17.3. The third-order valence-corrected chi connectivity index (χ3v) is 7.39. The number of nitrogens with zero attached hydrogens (tertiary/aromatic N) is 3. The maximum absolute atomic E-state index is 5.33. The smallest absolute Gasteiger partial charge is 0.161 e. The molecule has 1 saturated heterocycles. The molecule has 172 valence electrons. The number of aromatic nitrogens is 4. The molecule has 0 spiro atoms. The van der Waals surface area contributed by atoms with Crippen LogP contribution in [0.15, 0.2) is 79.1 Å². The van der Waals surface area contributed by atoms with Gasteiger partial charge in [0, 0.05) is 40.5 Å². The summed E-state index contributed by atoms with van der Waals surface area (Å²) in [5, 5.41) is 7.20. The SMILES string of the molecule is Cc1ccc2[nH]cc(-c3nc4c(-c5ccc6ccccc6c5)ccnc4n3C3CCNCC3)c2c1. The summed E-state index contributed by atoms with van der Waals surface area (Å²) < 4.78 is 2.41. The zero-order chi connectivity index (χ0) is 23.4. The highest BCUT2D eigenvalue weighted by Crippen LogP contribution is 2.38. The normalized spacial score (nSPS) is 14.9. The number of rotatable bonds is 3. The fourth-order valence-corrected chi connectivity index (χ4v) is 5.60. The average Bonchev–Trinajstić information content (AvgIpc) is 3.49. The number of H-pyrrole nitrogens is 1. The van der Waals surface area contributed by atoms with Crippen LogP contribution < -0.4 is 5.32 Å². The van der Waals surface area contributed by atoms with Crippen molar-refractivity contribution in [1.29, 1.82) is 0 Å². The third-order valence-electron chi connectivity index (χ3n) is 7.39. The van der Waals surface area contributed by atoms with Crippen molar-refractivity contribution in [2.24, 2.45) is 0 Å². The minimum absolute atomic E-state index is 0.366. The van der Waals surface area contributed by atoms with Crippen LogP contribution in [0.3, 0.4) is 0 Å². The molecule has 0 bridgehead atoms. The molecule has 1 fully saturated rings. The average molecular weight is 458 g/mol. The van der Waals surface area contributed by atoms with Gasteiger partial charge >= 0.3 is 0 Å². The van der Waals surface area contributed by atoms with Crippen LogP contribution in [0.2, 0.25) is 0 Å². The van der Waals surface area contributed by atoms with E-state index in [4.69, 9.17) is 9.97 Å². The van der Waals surface area contributed by atoms with E-state index in [2.05, 4.69) is 94.7 Å². The van der Waals surface area contributed by atoms with Crippen molar-refractivity contribution in [3.05, 3.63) is 84.7 Å². The van der Waals surface area contributed by atoms with Gasteiger partial charge in [0.2, 0.25) is 0 Å². The van der Waals surface area contributed by atoms with Gasteiger partial charge in [-0.1, -0.05) is 48.0 Å². The summed E-state index contributed by atoms with van der Waals surface area (Å²) in [6.07, 6.45) is 6.19. The van der Waals surface area contributed by atoms with Gasteiger partial charge in [0.05, 0.1) is 0 Å². The number of hydrogen-bond acceptors (Lipinski definition) is 3. The van der Waals surface area contributed by atoms with Crippen LogP contribution in [-0.4, -0.2) is 32.6 Å². The van der Waals surface area contributed by atoms with Crippen LogP contribution in [-0.2, 0) is 0 Å². The lowest BCUT2D eigenvalue weighted by molar-refractivity contribution is 0.376. The number of aromatic amines is 1. The molecule has 1 aliphatic heterocycles. The Morgan fingerprint density at radius 1 is 0.886 bits per heavy atom. The van der Waals surface area contributed by atoms with E-state index in [1.165, 1.54) is 27.3 Å². The molecule has 0 aliphatic carbocycles. The Morgan fingerprint density at radius 2 is 1.74 bits per heavy atom. The molecular weight excluding hydrogens is 430 g/mol. The number of aryl methyl sites for hydroxylation is 1. The van der Waals surface area contributed by atoms with Gasteiger partial charge in [0.25, 0.3) is 0 Å². The summed E-state index contributed by atoms with van der Waals surface area (Å²) in [4.78, 5) is 13.7. The first kappa shape index (κ1) is 20.4. The molecule has 35 heavy (non-hydrogen) atoms. The molecule has 5 nitrogen and oxygen atoms in total. The first-order valence-electron chi connectivity index (χ1n) is 12.4. The molecule has 0 unspecified atom stereocenters. The molecule has 3 aromatic carbocycles. The third kappa shape index (κ3) is 3.34. The predicted octanol–water partition coefficient (Wildman–Crippen LogP) is 6.63. The Balaban J connectivity index is 1.50. The van der Waals surface area contributed by atoms with Crippen molar-refractivity contribution in [2.45, 2.75) is 25.8 Å². The topological polar surface area (TPSA) is 58.5 Å². The van der Waals surface area contributed by atoms with E-state index in [0.717, 1.165) is 59.6 Å². The minimum atomic E-state index is 0.366. The molecule has 5 heteroatoms. The molecule has 4 heterocycles. The lowest BCUT2D eigenvalue weighted by atomic mass is 10.0. The lowest BCUT2D eigenvalue weighted by Crippen LogP contribution is -2.29. The molecule has 7 rings (SSSR count). The Hall–Kier alpha value is -3.96. The van der Waals surface area contributed by atoms with Gasteiger partial charge in [-0.15, -0.1) is 0 Å². The van der Waals surface area contributed by atoms with Crippen molar-refractivity contribution in [1.82, 2.24) is 24.8 Å². The zero-order valence-corrected chi connectivity index (χ0v) is 19.8. The van der Waals surface area contributed by atoms with Gasteiger partial charge in [-0.3, -0.25) is 0 Å². The number of piperidine rings is 1. The van der Waals surface area contributed by atoms with Crippen LogP contribution in [0.5, 0.6) is 0 Å². The second kappa shape index (κ2) is 8.07. The standard InChI is InChI=1S/C30H27N5/c1-19-6-9-27-25(16-19)26(18-33-27)29-34-28-24(22-8-7-20-4-2-3-5-21(20)17-22)12-15-32-30(28)35(29)23-10-13-31-14-11-23/h2-9,12,15-18,23,31,33H,10-11,13-14H2,1H3. The Morgan fingerprint density at radius 3 is 2.63 bits per heavy atom. The van der Waals surface area contributed by atoms with Crippen LogP contribution in [0.1, 0.15) is 24.4 Å². The summed E-state index contributed by atoms with van der Waals surface area (Å²) in [5.74, 6) is 1.00. The minimum Gasteiger partial charge on any atom is -0.360 e. The van der Waals surface area contributed by atoms with E-state index >= 15 is 0 Å². The largest absolute Gasteiger partial charge is 0.360 e. The number of benzene rings is 3. The second-order valence-corrected chi connectivity index (χ2v) is 9.63. The summed E-state index contributed by atoms with van der Waals surface area (Å²) >= 11 is 0. The fraction of sp³-hybridized carbons (Fsp3) is 0.200. The molecular formula is C30H27N5. The molecule has 6 aromatic rings. The summed E-state index contributed by atoms with van der Waals surface area (Å²) in [6, 6.07) is 24.2. The molecule has 0 amide bonds. The molecule has 0 atom stereocenters. The number of fused-ring (bicyclic) bond motifs is 3. The highest BCUT2D eigenvalue weighted by Gasteiger charge is 2.25. The van der Waals surface area contributed by atoms with E-state index in [-0.39, 0.29) is 0 Å². The summed E-state index contributed by atoms with van der Waals surface area (Å²) in [6.45, 7) is 4.17. The second-order valence-electron chi connectivity index (χ2n) is 9.63. The van der Waals surface area contributed by atoms with Crippen LogP contribution in [0, 0.1) is 6.92 Å². The van der Waals surface area contributed by atoms with Gasteiger partial charge in [-0.05, 0) is 73.5 Å². The van der Waals surface area contributed by atoms with Gasteiger partial charge in [0.1, 0.15) is 11.3 Å². The number of hydrogen-bond donors (Lipinski definition) is 2. The number of nitrogens with one attached hydrogen (secondary N) is 2. The first-order valence-corrected chi connectivity index (χ1v) is 12.4. The Labute approximate surface area is 203 Å². The molecule has 2 N–H and O–H groups in total. The van der Waals surface area contributed by atoms with Gasteiger partial charge in [-0.25, -0.2) is 9.97 Å². The number of imidazole rings is 1. The maximum atomic E-state index is 5.33. The van der Waals surface area contributed by atoms with Crippen LogP contribution >= 0.6 is 0 Å².